The number of anilines is 1. The van der Waals surface area contributed by atoms with Crippen molar-refractivity contribution in [1.82, 2.24) is 14.8 Å². The van der Waals surface area contributed by atoms with Crippen LogP contribution in [0.15, 0.2) is 36.4 Å². The number of amides is 2. The van der Waals surface area contributed by atoms with E-state index in [9.17, 15) is 28.0 Å². The Labute approximate surface area is 264 Å². The van der Waals surface area contributed by atoms with Crippen LogP contribution < -0.4 is 5.32 Å². The third-order valence-corrected chi connectivity index (χ3v) is 8.09. The summed E-state index contributed by atoms with van der Waals surface area (Å²) in [7, 11) is 0. The Hall–Kier alpha value is -4.88. The van der Waals surface area contributed by atoms with Gasteiger partial charge in [-0.1, -0.05) is 38.1 Å². The van der Waals surface area contributed by atoms with E-state index < -0.39 is 36.1 Å². The molecule has 11 nitrogen and oxygen atoms in total. The maximum Gasteiger partial charge on any atom is 0.333 e. The number of aliphatic carboxylic acids is 2. The fourth-order valence-electron chi connectivity index (χ4n) is 5.54. The number of aliphatic hydroxyl groups excluding tert-OH is 1. The van der Waals surface area contributed by atoms with Crippen LogP contribution in [-0.4, -0.2) is 92.7 Å². The molecule has 1 unspecified atom stereocenters. The number of hydrogen-bond acceptors (Lipinski definition) is 6. The van der Waals surface area contributed by atoms with E-state index >= 15 is 0 Å². The molecule has 2 amide bonds. The minimum absolute atomic E-state index is 0.00870. The molecule has 0 saturated carbocycles. The van der Waals surface area contributed by atoms with Crippen molar-refractivity contribution in [1.29, 1.82) is 0 Å². The number of H-pyrrole nitrogens is 1. The van der Waals surface area contributed by atoms with Gasteiger partial charge in [-0.3, -0.25) is 14.4 Å². The number of carbonyl (C=O) groups is 4. The number of likely N-dealkylation sites (N-methyl/N-ethyl adjacent to an activating group) is 1. The minimum Gasteiger partial charge on any atom is -0.481 e. The van der Waals surface area contributed by atoms with Gasteiger partial charge in [0, 0.05) is 54.3 Å². The first kappa shape index (κ1) is 34.0. The van der Waals surface area contributed by atoms with Gasteiger partial charge in [0.05, 0.1) is 17.6 Å². The molecule has 46 heavy (non-hydrogen) atoms. The molecule has 3 aromatic rings. The van der Waals surface area contributed by atoms with Crippen molar-refractivity contribution in [2.24, 2.45) is 0 Å². The molecule has 0 bridgehead atoms. The predicted molar refractivity (Wildman–Crippen MR) is 167 cm³/mol. The molecule has 2 aromatic carbocycles. The molecule has 2 aliphatic rings. The smallest absolute Gasteiger partial charge is 0.333 e. The highest BCUT2D eigenvalue weighted by atomic mass is 19.2. The highest BCUT2D eigenvalue weighted by molar-refractivity contribution is 6.36. The molecule has 0 aliphatic carbocycles. The molecule has 244 valence electrons. The number of rotatable bonds is 10. The third kappa shape index (κ3) is 7.16. The lowest BCUT2D eigenvalue weighted by Crippen LogP contribution is -2.42. The highest BCUT2D eigenvalue weighted by Gasteiger charge is 2.32. The summed E-state index contributed by atoms with van der Waals surface area (Å²) >= 11 is 0. The van der Waals surface area contributed by atoms with Crippen molar-refractivity contribution in [3.05, 3.63) is 76.1 Å². The number of aliphatic hydroxyl groups is 1. The van der Waals surface area contributed by atoms with Crippen LogP contribution in [0, 0.1) is 18.6 Å². The van der Waals surface area contributed by atoms with Gasteiger partial charge in [-0.15, -0.1) is 0 Å². The number of aromatic amines is 1. The van der Waals surface area contributed by atoms with E-state index in [2.05, 4.69) is 29.0 Å². The third-order valence-electron chi connectivity index (χ3n) is 8.09. The van der Waals surface area contributed by atoms with Crippen molar-refractivity contribution >= 4 is 41.1 Å². The van der Waals surface area contributed by atoms with Gasteiger partial charge in [0.25, 0.3) is 11.8 Å². The summed E-state index contributed by atoms with van der Waals surface area (Å²) in [6.45, 7) is 10.1. The number of halogens is 2. The molecule has 5 N–H and O–H groups in total. The number of benzene rings is 2. The summed E-state index contributed by atoms with van der Waals surface area (Å²) in [4.78, 5) is 53.3. The van der Waals surface area contributed by atoms with Gasteiger partial charge in [-0.2, -0.15) is 0 Å². The number of nitrogens with zero attached hydrogens (tertiary/aromatic N) is 2. The number of nitrogens with one attached hydrogen (secondary N) is 2. The number of fused-ring (bicyclic) bond motifs is 2. The van der Waals surface area contributed by atoms with Crippen molar-refractivity contribution in [2.45, 2.75) is 39.7 Å². The zero-order chi connectivity index (χ0) is 33.7. The van der Waals surface area contributed by atoms with Crippen molar-refractivity contribution in [3.8, 4) is 11.1 Å². The maximum absolute atomic E-state index is 14.7. The monoisotopic (exact) mass is 638 g/mol. The summed E-state index contributed by atoms with van der Waals surface area (Å²) < 4.78 is 28.7. The number of hydrogen-bond donors (Lipinski definition) is 5. The second-order valence-electron chi connectivity index (χ2n) is 10.9. The zero-order valence-corrected chi connectivity index (χ0v) is 25.7. The molecule has 3 heterocycles. The van der Waals surface area contributed by atoms with Gasteiger partial charge in [0.15, 0.2) is 17.7 Å². The van der Waals surface area contributed by atoms with Gasteiger partial charge in [-0.25, -0.2) is 13.6 Å². The molecule has 0 spiro atoms. The van der Waals surface area contributed by atoms with E-state index in [1.807, 2.05) is 11.8 Å². The number of carboxylic acids is 2. The molecular formula is C33H36F2N4O7. The van der Waals surface area contributed by atoms with Crippen LogP contribution in [0.2, 0.25) is 0 Å². The summed E-state index contributed by atoms with van der Waals surface area (Å²) in [5.41, 5.74) is 4.83. The van der Waals surface area contributed by atoms with E-state index in [4.69, 9.17) is 15.3 Å². The zero-order valence-electron chi connectivity index (χ0n) is 25.7. The average molecular weight is 639 g/mol. The average Bonchev–Trinajstić information content (AvgIpc) is 3.51. The first-order valence-electron chi connectivity index (χ1n) is 14.8. The second-order valence-corrected chi connectivity index (χ2v) is 10.9. The lowest BCUT2D eigenvalue weighted by molar-refractivity contribution is -0.152. The van der Waals surface area contributed by atoms with Gasteiger partial charge in [-0.05, 0) is 49.3 Å². The van der Waals surface area contributed by atoms with Crippen molar-refractivity contribution < 1.29 is 43.3 Å². The van der Waals surface area contributed by atoms with Crippen molar-refractivity contribution in [2.75, 3.05) is 38.0 Å². The van der Waals surface area contributed by atoms with Crippen LogP contribution >= 0.6 is 0 Å². The maximum atomic E-state index is 14.7. The Morgan fingerprint density at radius 3 is 2.35 bits per heavy atom. The molecule has 5 rings (SSSR count). The number of aromatic nitrogens is 1. The van der Waals surface area contributed by atoms with Crippen LogP contribution in [0.5, 0.6) is 0 Å². The standard InChI is InChI=1S/C29H30F2N4O2.C4H6O5/c1-4-34(5-2)14-15-35-13-12-23-25(29(35)37)17(3)24(32-23)16-20-26-18(8-7-11-22(26)33-28(20)36)19-9-6-10-21(30)27(19)31;5-2(4(8)9)1-3(6)7/h6-11,16,32H,4-5,12-15H2,1-3H3,(H,33,36);2,5H,1H2,(H,6,7)(H,8,9)/b20-16-;. The minimum atomic E-state index is -1.79. The number of carbonyl (C=O) groups excluding carboxylic acids is 2. The lowest BCUT2D eigenvalue weighted by atomic mass is 9.93. The normalized spacial score (nSPS) is 15.3. The molecule has 0 radical (unpaired) electrons. The molecule has 2 aliphatic heterocycles. The SMILES string of the molecule is CCN(CC)CCN1CCc2[nH]c(/C=C3\C(=O)Nc4cccc(-c5cccc(F)c5F)c43)c(C)c2C1=O.O=C(O)CC(O)C(=O)O. The molecule has 0 fully saturated rings. The van der Waals surface area contributed by atoms with E-state index in [-0.39, 0.29) is 17.4 Å². The van der Waals surface area contributed by atoms with E-state index in [1.165, 1.54) is 12.1 Å². The number of carboxylic acid groups (broad SMARTS) is 2. The fraction of sp³-hybridized carbons (Fsp3) is 0.333. The Morgan fingerprint density at radius 1 is 1.04 bits per heavy atom. The van der Waals surface area contributed by atoms with Gasteiger partial charge in [0.1, 0.15) is 0 Å². The summed E-state index contributed by atoms with van der Waals surface area (Å²) in [5.74, 6) is -5.10. The van der Waals surface area contributed by atoms with E-state index in [0.717, 1.165) is 37.0 Å². The first-order chi connectivity index (χ1) is 21.9. The van der Waals surface area contributed by atoms with Gasteiger partial charge < -0.3 is 35.4 Å². The summed E-state index contributed by atoms with van der Waals surface area (Å²) in [6, 6.07) is 9.12. The molecular weight excluding hydrogens is 602 g/mol. The fourth-order valence-corrected chi connectivity index (χ4v) is 5.54. The van der Waals surface area contributed by atoms with E-state index in [0.29, 0.717) is 53.2 Å². The van der Waals surface area contributed by atoms with Crippen LogP contribution in [0.3, 0.4) is 0 Å². The summed E-state index contributed by atoms with van der Waals surface area (Å²) in [6.07, 6.45) is -0.132. The molecule has 1 aromatic heterocycles. The molecule has 1 atom stereocenters. The van der Waals surface area contributed by atoms with Crippen LogP contribution in [-0.2, 0) is 20.8 Å². The topological polar surface area (TPSA) is 163 Å². The second kappa shape index (κ2) is 14.5. The van der Waals surface area contributed by atoms with E-state index in [1.54, 1.807) is 24.3 Å². The Morgan fingerprint density at radius 2 is 1.72 bits per heavy atom. The predicted octanol–water partition coefficient (Wildman–Crippen LogP) is 4.01. The quantitative estimate of drug-likeness (QED) is 0.208. The molecule has 0 saturated heterocycles. The Bertz CT molecular complexity index is 1700. The largest absolute Gasteiger partial charge is 0.481 e. The lowest BCUT2D eigenvalue weighted by Gasteiger charge is -2.29. The van der Waals surface area contributed by atoms with Crippen molar-refractivity contribution in [3.63, 3.8) is 0 Å². The van der Waals surface area contributed by atoms with Crippen LogP contribution in [0.4, 0.5) is 14.5 Å². The highest BCUT2D eigenvalue weighted by Crippen LogP contribution is 2.42. The van der Waals surface area contributed by atoms with Crippen LogP contribution in [0.1, 0.15) is 53.1 Å². The van der Waals surface area contributed by atoms with Crippen LogP contribution in [0.25, 0.3) is 22.8 Å². The van der Waals surface area contributed by atoms with Gasteiger partial charge in [0.2, 0.25) is 0 Å². The first-order valence-corrected chi connectivity index (χ1v) is 14.8. The Kier molecular flexibility index (Phi) is 10.7. The Balaban J connectivity index is 0.000000468. The van der Waals surface area contributed by atoms with Gasteiger partial charge >= 0.3 is 11.9 Å². The molecule has 13 heteroatoms. The summed E-state index contributed by atoms with van der Waals surface area (Å²) in [5, 5.41) is 27.0.